The standard InChI is InChI=1S/C19H23ClNO2P.C18H20ClNO2/c20-17-8-6-16(7-9-17)19(10-11-21(14-24)12-18(19)22)23-13-15-4-2-1-3-5-15;19-16-8-6-15(7-9-16)18(10-11-20-12-17(18)21)22-13-14-4-2-1-3-5-14/h1-9,18,22H,10-14,24H2;1-9,17,20-21H,10-13H2/t18-,19-;17-,18-/m11/s1. The third-order valence-electron chi connectivity index (χ3n) is 8.92. The molecule has 9 heteroatoms. The van der Waals surface area contributed by atoms with Gasteiger partial charge in [-0.3, -0.25) is 4.90 Å². The van der Waals surface area contributed by atoms with Gasteiger partial charge in [0.15, 0.2) is 0 Å². The monoisotopic (exact) mass is 680 g/mol. The summed E-state index contributed by atoms with van der Waals surface area (Å²) in [6, 6.07) is 35.3. The molecule has 0 saturated carbocycles. The highest BCUT2D eigenvalue weighted by Crippen LogP contribution is 2.39. The van der Waals surface area contributed by atoms with E-state index in [4.69, 9.17) is 32.7 Å². The second-order valence-corrected chi connectivity index (χ2v) is 13.1. The molecule has 46 heavy (non-hydrogen) atoms. The van der Waals surface area contributed by atoms with E-state index >= 15 is 0 Å². The fraction of sp³-hybridized carbons (Fsp3) is 0.351. The molecule has 1 unspecified atom stereocenters. The van der Waals surface area contributed by atoms with Crippen molar-refractivity contribution in [3.8, 4) is 0 Å². The van der Waals surface area contributed by atoms with E-state index in [-0.39, 0.29) is 0 Å². The van der Waals surface area contributed by atoms with Crippen molar-refractivity contribution >= 4 is 32.4 Å². The van der Waals surface area contributed by atoms with Gasteiger partial charge in [0, 0.05) is 36.0 Å². The van der Waals surface area contributed by atoms with Gasteiger partial charge in [-0.25, -0.2) is 0 Å². The summed E-state index contributed by atoms with van der Waals surface area (Å²) >= 11 is 12.0. The molecule has 6 nitrogen and oxygen atoms in total. The topological polar surface area (TPSA) is 74.2 Å². The van der Waals surface area contributed by atoms with Crippen molar-refractivity contribution in [1.29, 1.82) is 0 Å². The van der Waals surface area contributed by atoms with Crippen molar-refractivity contribution in [2.75, 3.05) is 32.5 Å². The first kappa shape index (κ1) is 35.0. The molecule has 4 aromatic carbocycles. The SMILES string of the molecule is O[C@@H]1CN(CP)CC[C@@]1(OCc1ccccc1)c1ccc(Cl)cc1.O[C@@H]1CNCC[C@@]1(OCc1ccccc1)c1ccc(Cl)cc1. The largest absolute Gasteiger partial charge is 0.388 e. The molecule has 3 N–H and O–H groups in total. The number of benzene rings is 4. The van der Waals surface area contributed by atoms with E-state index in [0.29, 0.717) is 36.3 Å². The molecule has 0 radical (unpaired) electrons. The minimum Gasteiger partial charge on any atom is -0.388 e. The second-order valence-electron chi connectivity index (χ2n) is 11.8. The molecule has 0 aliphatic carbocycles. The predicted octanol–water partition coefficient (Wildman–Crippen LogP) is 6.76. The summed E-state index contributed by atoms with van der Waals surface area (Å²) < 4.78 is 12.6. The fourth-order valence-corrected chi connectivity index (χ4v) is 6.78. The number of aliphatic hydroxyl groups excluding tert-OH is 2. The van der Waals surface area contributed by atoms with Crippen LogP contribution in [0.25, 0.3) is 0 Å². The summed E-state index contributed by atoms with van der Waals surface area (Å²) in [6.45, 7) is 3.77. The lowest BCUT2D eigenvalue weighted by Crippen LogP contribution is -2.54. The zero-order valence-corrected chi connectivity index (χ0v) is 28.6. The summed E-state index contributed by atoms with van der Waals surface area (Å²) in [6.07, 6.45) is 1.15. The van der Waals surface area contributed by atoms with Crippen LogP contribution in [-0.4, -0.2) is 59.8 Å². The van der Waals surface area contributed by atoms with Crippen LogP contribution in [0.5, 0.6) is 0 Å². The Morgan fingerprint density at radius 2 is 1.17 bits per heavy atom. The third kappa shape index (κ3) is 8.56. The van der Waals surface area contributed by atoms with Crippen LogP contribution in [0.1, 0.15) is 35.1 Å². The van der Waals surface area contributed by atoms with Crippen molar-refractivity contribution in [3.05, 3.63) is 141 Å². The molecule has 0 aromatic heterocycles. The van der Waals surface area contributed by atoms with Gasteiger partial charge in [0.2, 0.25) is 0 Å². The zero-order chi connectivity index (χ0) is 32.4. The highest BCUT2D eigenvalue weighted by Gasteiger charge is 2.45. The first-order valence-corrected chi connectivity index (χ1v) is 17.3. The van der Waals surface area contributed by atoms with Crippen LogP contribution < -0.4 is 5.32 Å². The van der Waals surface area contributed by atoms with Gasteiger partial charge < -0.3 is 25.0 Å². The van der Waals surface area contributed by atoms with Crippen LogP contribution in [0, 0.1) is 0 Å². The summed E-state index contributed by atoms with van der Waals surface area (Å²) in [7, 11) is 2.72. The number of nitrogens with one attached hydrogen (secondary N) is 1. The van der Waals surface area contributed by atoms with Crippen LogP contribution >= 0.6 is 32.4 Å². The molecule has 2 aliphatic rings. The van der Waals surface area contributed by atoms with E-state index in [2.05, 4.69) is 19.5 Å². The quantitative estimate of drug-likeness (QED) is 0.170. The van der Waals surface area contributed by atoms with Crippen LogP contribution in [0.2, 0.25) is 10.0 Å². The second kappa shape index (κ2) is 16.7. The van der Waals surface area contributed by atoms with Gasteiger partial charge >= 0.3 is 0 Å². The molecule has 2 heterocycles. The van der Waals surface area contributed by atoms with Crippen molar-refractivity contribution in [2.45, 2.75) is 49.5 Å². The number of rotatable bonds is 9. The third-order valence-corrected chi connectivity index (χ3v) is 9.94. The number of nitrogens with zero attached hydrogens (tertiary/aromatic N) is 1. The minimum absolute atomic E-state index is 0.473. The van der Waals surface area contributed by atoms with E-state index < -0.39 is 23.4 Å². The maximum atomic E-state index is 10.9. The van der Waals surface area contributed by atoms with Gasteiger partial charge in [-0.15, -0.1) is 9.24 Å². The Balaban J connectivity index is 0.000000182. The van der Waals surface area contributed by atoms with Gasteiger partial charge in [0.1, 0.15) is 11.2 Å². The first-order chi connectivity index (χ1) is 22.3. The van der Waals surface area contributed by atoms with Crippen molar-refractivity contribution in [2.24, 2.45) is 0 Å². The lowest BCUT2D eigenvalue weighted by molar-refractivity contribution is -0.168. The Hall–Kier alpha value is -2.35. The van der Waals surface area contributed by atoms with Gasteiger partial charge in [0.05, 0.1) is 25.4 Å². The van der Waals surface area contributed by atoms with E-state index in [1.165, 1.54) is 0 Å². The summed E-state index contributed by atoms with van der Waals surface area (Å²) in [5.41, 5.74) is 2.77. The fourth-order valence-electron chi connectivity index (χ4n) is 6.20. The van der Waals surface area contributed by atoms with Gasteiger partial charge in [0.25, 0.3) is 0 Å². The van der Waals surface area contributed by atoms with E-state index in [1.807, 2.05) is 109 Å². The highest BCUT2D eigenvalue weighted by atomic mass is 35.5. The number of likely N-dealkylation sites (tertiary alicyclic amines) is 1. The van der Waals surface area contributed by atoms with Crippen LogP contribution in [0.4, 0.5) is 0 Å². The van der Waals surface area contributed by atoms with Gasteiger partial charge in [-0.2, -0.15) is 0 Å². The average Bonchev–Trinajstić information content (AvgIpc) is 3.09. The number of ether oxygens (including phenoxy) is 2. The Morgan fingerprint density at radius 1 is 0.696 bits per heavy atom. The number of halogens is 2. The van der Waals surface area contributed by atoms with Crippen LogP contribution in [0.15, 0.2) is 109 Å². The number of β-amino-alcohol motifs (C(OH)–C–C–N with tert-alkyl or cyclic N) is 2. The highest BCUT2D eigenvalue weighted by molar-refractivity contribution is 7.16. The lowest BCUT2D eigenvalue weighted by atomic mass is 9.82. The van der Waals surface area contributed by atoms with Gasteiger partial charge in [-0.05, 0) is 65.9 Å². The number of aliphatic hydroxyl groups is 2. The van der Waals surface area contributed by atoms with Crippen LogP contribution in [0.3, 0.4) is 0 Å². The van der Waals surface area contributed by atoms with E-state index in [0.717, 1.165) is 54.5 Å². The Bertz CT molecular complexity index is 1480. The van der Waals surface area contributed by atoms with Crippen molar-refractivity contribution < 1.29 is 19.7 Å². The number of hydrogen-bond acceptors (Lipinski definition) is 6. The van der Waals surface area contributed by atoms with E-state index in [1.54, 1.807) is 0 Å². The summed E-state index contributed by atoms with van der Waals surface area (Å²) in [5, 5.41) is 26.1. The van der Waals surface area contributed by atoms with Gasteiger partial charge in [-0.1, -0.05) is 108 Å². The Labute approximate surface area is 284 Å². The molecule has 4 aromatic rings. The predicted molar refractivity (Wildman–Crippen MR) is 189 cm³/mol. The molecule has 6 rings (SSSR count). The molecular weight excluding hydrogens is 638 g/mol. The Morgan fingerprint density at radius 3 is 1.61 bits per heavy atom. The molecule has 0 bridgehead atoms. The maximum absolute atomic E-state index is 10.9. The normalized spacial score (nSPS) is 25.0. The van der Waals surface area contributed by atoms with E-state index in [9.17, 15) is 10.2 Å². The van der Waals surface area contributed by atoms with Crippen LogP contribution in [-0.2, 0) is 33.9 Å². The molecule has 0 amide bonds. The zero-order valence-electron chi connectivity index (χ0n) is 25.9. The summed E-state index contributed by atoms with van der Waals surface area (Å²) in [5.74, 6) is 0. The molecule has 2 fully saturated rings. The van der Waals surface area contributed by atoms with Crippen molar-refractivity contribution in [3.63, 3.8) is 0 Å². The molecular formula is C37H43Cl2N2O4P. The minimum atomic E-state index is -0.698. The average molecular weight is 682 g/mol. The molecule has 244 valence electrons. The smallest absolute Gasteiger partial charge is 0.122 e. The first-order valence-electron chi connectivity index (χ1n) is 15.7. The summed E-state index contributed by atoms with van der Waals surface area (Å²) in [4.78, 5) is 2.22. The Kier molecular flexibility index (Phi) is 12.7. The van der Waals surface area contributed by atoms with Crippen molar-refractivity contribution in [1.82, 2.24) is 10.2 Å². The lowest BCUT2D eigenvalue weighted by Gasteiger charge is -2.45. The molecule has 2 aliphatic heterocycles. The number of piperidine rings is 2. The molecule has 2 saturated heterocycles. The molecule has 0 spiro atoms. The maximum Gasteiger partial charge on any atom is 0.122 e. The number of hydrogen-bond donors (Lipinski definition) is 3. The molecule has 5 atom stereocenters.